The Kier molecular flexibility index (Phi) is 5.90. The van der Waals surface area contributed by atoms with E-state index in [9.17, 15) is 10.2 Å². The fourth-order valence-corrected chi connectivity index (χ4v) is 6.76. The van der Waals surface area contributed by atoms with Crippen LogP contribution in [0.25, 0.3) is 28.0 Å². The van der Waals surface area contributed by atoms with E-state index in [4.69, 9.17) is 10.7 Å². The predicted molar refractivity (Wildman–Crippen MR) is 153 cm³/mol. The molecule has 0 unspecified atom stereocenters. The summed E-state index contributed by atoms with van der Waals surface area (Å²) in [7, 11) is 0. The van der Waals surface area contributed by atoms with Crippen LogP contribution in [0.1, 0.15) is 48.5 Å². The van der Waals surface area contributed by atoms with Gasteiger partial charge in [0.15, 0.2) is 0 Å². The number of nitrogen functional groups attached to an aromatic ring is 1. The van der Waals surface area contributed by atoms with E-state index in [2.05, 4.69) is 60.0 Å². The Morgan fingerprint density at radius 1 is 1.13 bits per heavy atom. The SMILES string of the molecule is Nc1ncnc2c1c1c(n2[C@@H]2C[C@H](/C=C/c3ccc4cc(Br)c(NCC5CC5)nc4c3)[C@@H](O)[C@H]2O)CCC1. The van der Waals surface area contributed by atoms with E-state index in [1.807, 2.05) is 12.2 Å². The smallest absolute Gasteiger partial charge is 0.146 e. The quantitative estimate of drug-likeness (QED) is 0.265. The molecule has 0 saturated heterocycles. The number of anilines is 2. The molecule has 7 rings (SSSR count). The number of aryl methyl sites for hydroxylation is 1. The van der Waals surface area contributed by atoms with Crippen molar-refractivity contribution in [2.45, 2.75) is 56.8 Å². The van der Waals surface area contributed by atoms with Gasteiger partial charge in [-0.25, -0.2) is 15.0 Å². The number of nitrogens with two attached hydrogens (primary N) is 1. The number of aromatic nitrogens is 4. The average Bonchev–Trinajstić information content (AvgIpc) is 3.43. The van der Waals surface area contributed by atoms with Gasteiger partial charge in [-0.15, -0.1) is 0 Å². The van der Waals surface area contributed by atoms with E-state index < -0.39 is 12.2 Å². The fourth-order valence-electron chi connectivity index (χ4n) is 6.28. The summed E-state index contributed by atoms with van der Waals surface area (Å²) >= 11 is 3.65. The summed E-state index contributed by atoms with van der Waals surface area (Å²) < 4.78 is 3.10. The first-order chi connectivity index (χ1) is 18.5. The number of hydrogen-bond acceptors (Lipinski definition) is 7. The second-order valence-electron chi connectivity index (χ2n) is 11.0. The van der Waals surface area contributed by atoms with Crippen molar-refractivity contribution >= 4 is 55.6 Å². The summed E-state index contributed by atoms with van der Waals surface area (Å²) in [6.45, 7) is 0.957. The molecule has 0 spiro atoms. The maximum atomic E-state index is 11.1. The zero-order chi connectivity index (χ0) is 26.0. The molecule has 2 fully saturated rings. The molecule has 3 aliphatic carbocycles. The fraction of sp³-hybridized carbons (Fsp3) is 0.414. The number of hydrogen-bond donors (Lipinski definition) is 4. The van der Waals surface area contributed by atoms with Crippen LogP contribution in [0.4, 0.5) is 11.6 Å². The van der Waals surface area contributed by atoms with Crippen LogP contribution in [0.3, 0.4) is 0 Å². The van der Waals surface area contributed by atoms with E-state index in [0.29, 0.717) is 12.2 Å². The summed E-state index contributed by atoms with van der Waals surface area (Å²) in [5.74, 6) is 1.94. The van der Waals surface area contributed by atoms with Gasteiger partial charge in [-0.2, -0.15) is 0 Å². The molecule has 8 nitrogen and oxygen atoms in total. The van der Waals surface area contributed by atoms with Crippen LogP contribution in [-0.4, -0.2) is 48.5 Å². The van der Waals surface area contributed by atoms with Gasteiger partial charge < -0.3 is 25.8 Å². The second-order valence-corrected chi connectivity index (χ2v) is 11.9. The average molecular weight is 576 g/mol. The van der Waals surface area contributed by atoms with Crippen LogP contribution in [-0.2, 0) is 12.8 Å². The number of nitrogens with one attached hydrogen (secondary N) is 1. The number of benzene rings is 1. The summed E-state index contributed by atoms with van der Waals surface area (Å²) in [6, 6.07) is 8.03. The van der Waals surface area contributed by atoms with Gasteiger partial charge in [0.1, 0.15) is 29.7 Å². The van der Waals surface area contributed by atoms with Gasteiger partial charge in [-0.05, 0) is 83.6 Å². The zero-order valence-electron chi connectivity index (χ0n) is 21.0. The lowest BCUT2D eigenvalue weighted by molar-refractivity contribution is 0.0136. The van der Waals surface area contributed by atoms with Crippen molar-refractivity contribution < 1.29 is 10.2 Å². The summed E-state index contributed by atoms with van der Waals surface area (Å²) in [6.07, 6.45) is 9.89. The van der Waals surface area contributed by atoms with Crippen LogP contribution >= 0.6 is 15.9 Å². The Hall–Kier alpha value is -3.01. The lowest BCUT2D eigenvalue weighted by atomic mass is 10.0. The van der Waals surface area contributed by atoms with Gasteiger partial charge in [-0.3, -0.25) is 0 Å². The largest absolute Gasteiger partial charge is 0.390 e. The molecule has 0 aliphatic heterocycles. The molecule has 4 atom stereocenters. The molecule has 0 amide bonds. The zero-order valence-corrected chi connectivity index (χ0v) is 22.6. The lowest BCUT2D eigenvalue weighted by Crippen LogP contribution is -2.29. The summed E-state index contributed by atoms with van der Waals surface area (Å²) in [5, 5.41) is 27.6. The Morgan fingerprint density at radius 3 is 2.84 bits per heavy atom. The molecule has 3 aliphatic rings. The molecule has 1 aromatic carbocycles. The van der Waals surface area contributed by atoms with Crippen molar-refractivity contribution in [3.8, 4) is 0 Å². The highest BCUT2D eigenvalue weighted by atomic mass is 79.9. The molecular formula is C29H31BrN6O2. The van der Waals surface area contributed by atoms with Crippen LogP contribution < -0.4 is 11.1 Å². The number of fused-ring (bicyclic) bond motifs is 4. The molecule has 0 bridgehead atoms. The first-order valence-electron chi connectivity index (χ1n) is 13.5. The van der Waals surface area contributed by atoms with E-state index in [1.165, 1.54) is 30.4 Å². The molecule has 3 heterocycles. The molecule has 2 saturated carbocycles. The van der Waals surface area contributed by atoms with Crippen LogP contribution in [0, 0.1) is 11.8 Å². The maximum absolute atomic E-state index is 11.1. The molecule has 5 N–H and O–H groups in total. The molecule has 3 aromatic heterocycles. The Morgan fingerprint density at radius 2 is 2.00 bits per heavy atom. The molecule has 9 heteroatoms. The van der Waals surface area contributed by atoms with E-state index in [-0.39, 0.29) is 12.0 Å². The Labute approximate surface area is 229 Å². The van der Waals surface area contributed by atoms with E-state index in [1.54, 1.807) is 0 Å². The third-order valence-corrected chi connectivity index (χ3v) is 9.08. The van der Waals surface area contributed by atoms with Gasteiger partial charge in [0.05, 0.1) is 27.5 Å². The monoisotopic (exact) mass is 574 g/mol. The first-order valence-corrected chi connectivity index (χ1v) is 14.3. The van der Waals surface area contributed by atoms with E-state index in [0.717, 1.165) is 69.5 Å². The molecule has 4 aromatic rings. The number of pyridine rings is 1. The lowest BCUT2D eigenvalue weighted by Gasteiger charge is -2.21. The third-order valence-electron chi connectivity index (χ3n) is 8.48. The number of nitrogens with zero attached hydrogens (tertiary/aromatic N) is 4. The minimum absolute atomic E-state index is 0.187. The van der Waals surface area contributed by atoms with Gasteiger partial charge >= 0.3 is 0 Å². The van der Waals surface area contributed by atoms with Crippen molar-refractivity contribution in [2.75, 3.05) is 17.6 Å². The number of halogens is 1. The molecule has 0 radical (unpaired) electrons. The van der Waals surface area contributed by atoms with Gasteiger partial charge in [0.25, 0.3) is 0 Å². The molecule has 38 heavy (non-hydrogen) atoms. The summed E-state index contributed by atoms with van der Waals surface area (Å²) in [5.41, 5.74) is 11.3. The Bertz CT molecular complexity index is 1580. The van der Waals surface area contributed by atoms with Gasteiger partial charge in [0.2, 0.25) is 0 Å². The highest BCUT2D eigenvalue weighted by Crippen LogP contribution is 2.43. The minimum atomic E-state index is -0.892. The Balaban J connectivity index is 1.16. The van der Waals surface area contributed by atoms with E-state index >= 15 is 0 Å². The van der Waals surface area contributed by atoms with Crippen molar-refractivity contribution in [1.82, 2.24) is 19.5 Å². The van der Waals surface area contributed by atoms with Gasteiger partial charge in [0, 0.05) is 23.5 Å². The van der Waals surface area contributed by atoms with Crippen molar-refractivity contribution in [3.63, 3.8) is 0 Å². The first kappa shape index (κ1) is 24.1. The second kappa shape index (κ2) is 9.32. The minimum Gasteiger partial charge on any atom is -0.390 e. The van der Waals surface area contributed by atoms with Crippen LogP contribution in [0.15, 0.2) is 41.1 Å². The van der Waals surface area contributed by atoms with Crippen molar-refractivity contribution in [2.24, 2.45) is 11.8 Å². The number of aliphatic hydroxyl groups is 2. The van der Waals surface area contributed by atoms with Crippen molar-refractivity contribution in [3.05, 3.63) is 58.0 Å². The predicted octanol–water partition coefficient (Wildman–Crippen LogP) is 4.63. The topological polar surface area (TPSA) is 122 Å². The summed E-state index contributed by atoms with van der Waals surface area (Å²) in [4.78, 5) is 13.6. The highest BCUT2D eigenvalue weighted by Gasteiger charge is 2.43. The van der Waals surface area contributed by atoms with Crippen LogP contribution in [0.5, 0.6) is 0 Å². The normalized spacial score (nSPS) is 25.1. The standard InChI is InChI=1S/C29H31BrN6O2/c30-20-11-17-8-6-15(10-21(17)35-28(20)32-13-16-4-5-16)7-9-18-12-23(26(38)25(18)37)36-22-3-1-2-19(22)24-27(31)33-14-34-29(24)36/h6-11,14,16,18,23,25-26,37-38H,1-5,12-13H2,(H,32,35)(H2,31,33,34)/b9-7+/t18-,23+,25+,26-/m0/s1. The number of aliphatic hydroxyl groups excluding tert-OH is 2. The van der Waals surface area contributed by atoms with Crippen LogP contribution in [0.2, 0.25) is 0 Å². The third kappa shape index (κ3) is 4.08. The molecular weight excluding hydrogens is 544 g/mol. The number of rotatable bonds is 6. The van der Waals surface area contributed by atoms with Crippen molar-refractivity contribution in [1.29, 1.82) is 0 Å². The maximum Gasteiger partial charge on any atom is 0.146 e. The molecule has 196 valence electrons. The highest BCUT2D eigenvalue weighted by molar-refractivity contribution is 9.10. The van der Waals surface area contributed by atoms with Gasteiger partial charge in [-0.1, -0.05) is 24.3 Å².